The van der Waals surface area contributed by atoms with E-state index >= 15 is 0 Å². The van der Waals surface area contributed by atoms with Gasteiger partial charge in [0.05, 0.1) is 7.11 Å². The smallest absolute Gasteiger partial charge is 0.322 e. The van der Waals surface area contributed by atoms with Gasteiger partial charge in [0.25, 0.3) is 0 Å². The Morgan fingerprint density at radius 2 is 1.83 bits per heavy atom. The van der Waals surface area contributed by atoms with Gasteiger partial charge in [-0.05, 0) is 25.3 Å². The number of amides is 1. The van der Waals surface area contributed by atoms with Crippen molar-refractivity contribution in [3.63, 3.8) is 0 Å². The molecule has 23 heavy (non-hydrogen) atoms. The maximum absolute atomic E-state index is 12.1. The molecular weight excluding hydrogens is 339 g/mol. The van der Waals surface area contributed by atoms with Gasteiger partial charge < -0.3 is 15.4 Å². The number of hydrogen-bond donors (Lipinski definition) is 1. The van der Waals surface area contributed by atoms with Gasteiger partial charge >= 0.3 is 5.97 Å². The highest BCUT2D eigenvalue weighted by Crippen LogP contribution is 2.05. The molecule has 0 aliphatic rings. The van der Waals surface area contributed by atoms with Crippen molar-refractivity contribution in [3.8, 4) is 0 Å². The minimum absolute atomic E-state index is 0. The standard InChI is InChI=1S/C16H24N2O3.2ClH/c1-3-18(12-11-13-7-5-4-6-8-13)15(19)10-9-14(17)16(20)21-2;;/h4-8,14H,3,9-12,17H2,1-2H3;2*1H. The zero-order chi connectivity index (χ0) is 15.7. The Labute approximate surface area is 150 Å². The maximum atomic E-state index is 12.1. The summed E-state index contributed by atoms with van der Waals surface area (Å²) in [7, 11) is 1.29. The summed E-state index contributed by atoms with van der Waals surface area (Å²) in [6.07, 6.45) is 1.40. The van der Waals surface area contributed by atoms with E-state index < -0.39 is 12.0 Å². The Hall–Kier alpha value is -1.30. The molecule has 0 spiro atoms. The van der Waals surface area contributed by atoms with Gasteiger partial charge in [-0.3, -0.25) is 9.59 Å². The summed E-state index contributed by atoms with van der Waals surface area (Å²) in [5, 5.41) is 0. The van der Waals surface area contributed by atoms with Crippen LogP contribution in [0.3, 0.4) is 0 Å². The molecule has 7 heteroatoms. The fourth-order valence-corrected chi connectivity index (χ4v) is 2.07. The van der Waals surface area contributed by atoms with Crippen molar-refractivity contribution in [3.05, 3.63) is 35.9 Å². The van der Waals surface area contributed by atoms with E-state index in [-0.39, 0.29) is 37.1 Å². The number of nitrogens with two attached hydrogens (primary N) is 1. The second-order valence-electron chi connectivity index (χ2n) is 4.88. The summed E-state index contributed by atoms with van der Waals surface area (Å²) in [5.41, 5.74) is 6.84. The van der Waals surface area contributed by atoms with Crippen LogP contribution in [-0.4, -0.2) is 43.0 Å². The van der Waals surface area contributed by atoms with Crippen molar-refractivity contribution in [2.24, 2.45) is 5.73 Å². The Bertz CT molecular complexity index is 458. The van der Waals surface area contributed by atoms with Gasteiger partial charge in [-0.25, -0.2) is 0 Å². The Morgan fingerprint density at radius 3 is 2.35 bits per heavy atom. The molecule has 0 aromatic heterocycles. The lowest BCUT2D eigenvalue weighted by atomic mass is 10.1. The van der Waals surface area contributed by atoms with E-state index in [0.29, 0.717) is 19.5 Å². The predicted octanol–water partition coefficient (Wildman–Crippen LogP) is 2.20. The number of ether oxygens (including phenoxy) is 1. The third-order valence-corrected chi connectivity index (χ3v) is 3.42. The molecule has 1 aromatic carbocycles. The first-order valence-electron chi connectivity index (χ1n) is 7.23. The van der Waals surface area contributed by atoms with E-state index in [9.17, 15) is 9.59 Å². The van der Waals surface area contributed by atoms with Gasteiger partial charge in [-0.15, -0.1) is 24.8 Å². The van der Waals surface area contributed by atoms with Crippen LogP contribution in [-0.2, 0) is 20.7 Å². The van der Waals surface area contributed by atoms with Crippen molar-refractivity contribution in [2.75, 3.05) is 20.2 Å². The topological polar surface area (TPSA) is 72.6 Å². The third kappa shape index (κ3) is 8.79. The maximum Gasteiger partial charge on any atom is 0.322 e. The van der Waals surface area contributed by atoms with Crippen molar-refractivity contribution >= 4 is 36.7 Å². The van der Waals surface area contributed by atoms with Crippen molar-refractivity contribution in [1.82, 2.24) is 4.90 Å². The largest absolute Gasteiger partial charge is 0.468 e. The van der Waals surface area contributed by atoms with E-state index in [4.69, 9.17) is 5.73 Å². The summed E-state index contributed by atoms with van der Waals surface area (Å²) in [5.74, 6) is -0.456. The third-order valence-electron chi connectivity index (χ3n) is 3.42. The molecule has 0 saturated carbocycles. The fourth-order valence-electron chi connectivity index (χ4n) is 2.07. The number of carbonyl (C=O) groups excluding carboxylic acids is 2. The van der Waals surface area contributed by atoms with Crippen LogP contribution in [0.4, 0.5) is 0 Å². The van der Waals surface area contributed by atoms with E-state index in [1.165, 1.54) is 12.7 Å². The summed E-state index contributed by atoms with van der Waals surface area (Å²) in [6, 6.07) is 9.31. The number of nitrogens with zero attached hydrogens (tertiary/aromatic N) is 1. The minimum Gasteiger partial charge on any atom is -0.468 e. The van der Waals surface area contributed by atoms with Crippen LogP contribution in [0, 0.1) is 0 Å². The van der Waals surface area contributed by atoms with Crippen LogP contribution < -0.4 is 5.73 Å². The fraction of sp³-hybridized carbons (Fsp3) is 0.500. The molecule has 1 rings (SSSR count). The van der Waals surface area contributed by atoms with Crippen LogP contribution in [0.25, 0.3) is 0 Å². The second-order valence-corrected chi connectivity index (χ2v) is 4.88. The van der Waals surface area contributed by atoms with E-state index in [1.807, 2.05) is 37.3 Å². The lowest BCUT2D eigenvalue weighted by molar-refractivity contribution is -0.142. The molecule has 0 aliphatic heterocycles. The van der Waals surface area contributed by atoms with E-state index in [1.54, 1.807) is 4.90 Å². The van der Waals surface area contributed by atoms with Gasteiger partial charge in [-0.1, -0.05) is 30.3 Å². The van der Waals surface area contributed by atoms with Gasteiger partial charge in [0.1, 0.15) is 6.04 Å². The average Bonchev–Trinajstić information content (AvgIpc) is 2.53. The quantitative estimate of drug-likeness (QED) is 0.717. The molecule has 0 radical (unpaired) electrons. The summed E-state index contributed by atoms with van der Waals surface area (Å²) >= 11 is 0. The highest BCUT2D eigenvalue weighted by atomic mass is 35.5. The van der Waals surface area contributed by atoms with Crippen molar-refractivity contribution in [1.29, 1.82) is 0 Å². The summed E-state index contributed by atoms with van der Waals surface area (Å²) in [6.45, 7) is 3.27. The first-order valence-corrected chi connectivity index (χ1v) is 7.23. The zero-order valence-electron chi connectivity index (χ0n) is 13.6. The lowest BCUT2D eigenvalue weighted by Gasteiger charge is -2.21. The Kier molecular flexibility index (Phi) is 13.7. The predicted molar refractivity (Wildman–Crippen MR) is 96.1 cm³/mol. The number of halogens is 2. The van der Waals surface area contributed by atoms with E-state index in [0.717, 1.165) is 6.42 Å². The minimum atomic E-state index is -0.730. The van der Waals surface area contributed by atoms with Crippen molar-refractivity contribution < 1.29 is 14.3 Å². The monoisotopic (exact) mass is 364 g/mol. The normalized spacial score (nSPS) is 10.7. The van der Waals surface area contributed by atoms with Crippen LogP contribution in [0.2, 0.25) is 0 Å². The first kappa shape index (κ1) is 24.0. The van der Waals surface area contributed by atoms with Crippen LogP contribution in [0.5, 0.6) is 0 Å². The van der Waals surface area contributed by atoms with Crippen LogP contribution in [0.15, 0.2) is 30.3 Å². The molecule has 1 unspecified atom stereocenters. The average molecular weight is 365 g/mol. The summed E-state index contributed by atoms with van der Waals surface area (Å²) < 4.78 is 4.55. The molecule has 1 atom stereocenters. The molecule has 1 aromatic rings. The number of likely N-dealkylation sites (N-methyl/N-ethyl adjacent to an activating group) is 1. The molecule has 2 N–H and O–H groups in total. The Morgan fingerprint density at radius 1 is 1.22 bits per heavy atom. The van der Waals surface area contributed by atoms with Crippen molar-refractivity contribution in [2.45, 2.75) is 32.2 Å². The van der Waals surface area contributed by atoms with Crippen LogP contribution in [0.1, 0.15) is 25.3 Å². The molecule has 0 saturated heterocycles. The van der Waals surface area contributed by atoms with Gasteiger partial charge in [0.2, 0.25) is 5.91 Å². The number of esters is 1. The first-order chi connectivity index (χ1) is 10.1. The zero-order valence-corrected chi connectivity index (χ0v) is 15.2. The molecule has 0 bridgehead atoms. The Balaban J connectivity index is 0. The van der Waals surface area contributed by atoms with Gasteiger partial charge in [-0.2, -0.15) is 0 Å². The second kappa shape index (κ2) is 13.2. The molecule has 0 fully saturated rings. The molecule has 5 nitrogen and oxygen atoms in total. The number of carbonyl (C=O) groups is 2. The SMILES string of the molecule is CCN(CCc1ccccc1)C(=O)CCC(N)C(=O)OC.Cl.Cl. The number of rotatable bonds is 8. The number of methoxy groups -OCH3 is 1. The van der Waals surface area contributed by atoms with Gasteiger partial charge in [0, 0.05) is 19.5 Å². The molecule has 0 aliphatic carbocycles. The molecule has 1 amide bonds. The highest BCUT2D eigenvalue weighted by molar-refractivity contribution is 5.85. The van der Waals surface area contributed by atoms with Crippen LogP contribution >= 0.6 is 24.8 Å². The molecule has 0 heterocycles. The molecular formula is C16H26Cl2N2O3. The summed E-state index contributed by atoms with van der Waals surface area (Å²) in [4.78, 5) is 25.1. The van der Waals surface area contributed by atoms with Gasteiger partial charge in [0.15, 0.2) is 0 Å². The van der Waals surface area contributed by atoms with E-state index in [2.05, 4.69) is 4.74 Å². The lowest BCUT2D eigenvalue weighted by Crippen LogP contribution is -2.36. The number of hydrogen-bond acceptors (Lipinski definition) is 4. The molecule has 132 valence electrons. The highest BCUT2D eigenvalue weighted by Gasteiger charge is 2.18. The number of benzene rings is 1.